The number of benzene rings is 1. The van der Waals surface area contributed by atoms with Crippen molar-refractivity contribution in [2.45, 2.75) is 13.0 Å². The van der Waals surface area contributed by atoms with E-state index in [1.54, 1.807) is 18.2 Å². The summed E-state index contributed by atoms with van der Waals surface area (Å²) in [6, 6.07) is 6.19. The second-order valence-electron chi connectivity index (χ2n) is 3.96. The first-order valence-electron chi connectivity index (χ1n) is 5.43. The summed E-state index contributed by atoms with van der Waals surface area (Å²) < 4.78 is 20.1. The first-order chi connectivity index (χ1) is 8.27. The molecule has 5 heteroatoms. The number of ether oxygens (including phenoxy) is 1. The molecule has 1 N–H and O–H groups in total. The van der Waals surface area contributed by atoms with E-state index in [9.17, 15) is 9.18 Å². The Morgan fingerprint density at radius 2 is 2.18 bits per heavy atom. The van der Waals surface area contributed by atoms with Crippen LogP contribution in [0.5, 0.6) is 0 Å². The summed E-state index contributed by atoms with van der Waals surface area (Å²) in [6.45, 7) is 0.920. The number of nitrogens with one attached hydrogen (secondary N) is 1. The van der Waals surface area contributed by atoms with Crippen molar-refractivity contribution in [1.29, 1.82) is 0 Å². The highest BCUT2D eigenvalue weighted by Crippen LogP contribution is 2.15. The first-order valence-corrected chi connectivity index (χ1v) is 5.43. The van der Waals surface area contributed by atoms with Crippen LogP contribution in [0.4, 0.5) is 4.39 Å². The number of aromatic nitrogens is 2. The molecule has 3 rings (SSSR count). The van der Waals surface area contributed by atoms with Crippen molar-refractivity contribution in [3.05, 3.63) is 51.7 Å². The molecule has 2 aromatic rings. The van der Waals surface area contributed by atoms with E-state index in [1.165, 1.54) is 10.7 Å². The van der Waals surface area contributed by atoms with Gasteiger partial charge in [0.25, 0.3) is 5.56 Å². The average molecular weight is 234 g/mol. The Morgan fingerprint density at radius 3 is 2.94 bits per heavy atom. The predicted molar refractivity (Wildman–Crippen MR) is 59.7 cm³/mol. The first kappa shape index (κ1) is 10.3. The molecule has 0 aliphatic carbocycles. The highest BCUT2D eigenvalue weighted by molar-refractivity contribution is 5.34. The van der Waals surface area contributed by atoms with Crippen LogP contribution in [0.1, 0.15) is 11.3 Å². The van der Waals surface area contributed by atoms with Gasteiger partial charge in [-0.1, -0.05) is 12.1 Å². The van der Waals surface area contributed by atoms with Crippen LogP contribution in [0.3, 0.4) is 0 Å². The zero-order valence-corrected chi connectivity index (χ0v) is 9.07. The third-order valence-corrected chi connectivity index (χ3v) is 2.91. The van der Waals surface area contributed by atoms with Crippen LogP contribution in [0.2, 0.25) is 0 Å². The minimum Gasteiger partial charge on any atom is -0.375 e. The lowest BCUT2D eigenvalue weighted by molar-refractivity contribution is 0.108. The Hall–Kier alpha value is -1.88. The monoisotopic (exact) mass is 234 g/mol. The quantitative estimate of drug-likeness (QED) is 0.810. The molecule has 1 aromatic heterocycles. The van der Waals surface area contributed by atoms with E-state index < -0.39 is 5.82 Å². The molecule has 0 saturated carbocycles. The van der Waals surface area contributed by atoms with E-state index in [1.807, 2.05) is 0 Å². The Kier molecular flexibility index (Phi) is 2.33. The van der Waals surface area contributed by atoms with E-state index in [0.717, 1.165) is 5.69 Å². The van der Waals surface area contributed by atoms with E-state index >= 15 is 0 Å². The Bertz CT molecular complexity index is 615. The van der Waals surface area contributed by atoms with E-state index in [4.69, 9.17) is 4.74 Å². The number of fused-ring (bicyclic) bond motifs is 1. The van der Waals surface area contributed by atoms with Gasteiger partial charge in [-0.05, 0) is 12.1 Å². The molecule has 1 aliphatic rings. The van der Waals surface area contributed by atoms with Gasteiger partial charge < -0.3 is 4.74 Å². The van der Waals surface area contributed by atoms with Crippen LogP contribution in [0, 0.1) is 5.82 Å². The maximum absolute atomic E-state index is 13.6. The second-order valence-corrected chi connectivity index (χ2v) is 3.96. The molecule has 1 aromatic carbocycles. The fourth-order valence-electron chi connectivity index (χ4n) is 2.05. The summed E-state index contributed by atoms with van der Waals surface area (Å²) >= 11 is 0. The number of nitrogens with zero attached hydrogens (tertiary/aromatic N) is 1. The maximum atomic E-state index is 13.6. The molecular weight excluding hydrogens is 223 g/mol. The van der Waals surface area contributed by atoms with Crippen molar-refractivity contribution < 1.29 is 9.13 Å². The van der Waals surface area contributed by atoms with Gasteiger partial charge in [0.05, 0.1) is 18.9 Å². The average Bonchev–Trinajstić information content (AvgIpc) is 2.68. The lowest BCUT2D eigenvalue weighted by Crippen LogP contribution is -2.20. The molecule has 0 spiro atoms. The summed E-state index contributed by atoms with van der Waals surface area (Å²) in [5, 5.41) is 2.90. The molecular formula is C12H11FN2O2. The molecule has 2 heterocycles. The number of para-hydroxylation sites is 1. The van der Waals surface area contributed by atoms with Crippen LogP contribution in [-0.2, 0) is 17.8 Å². The highest BCUT2D eigenvalue weighted by atomic mass is 19.1. The number of aromatic amines is 1. The van der Waals surface area contributed by atoms with Gasteiger partial charge in [0.15, 0.2) is 0 Å². The molecule has 17 heavy (non-hydrogen) atoms. The van der Waals surface area contributed by atoms with Gasteiger partial charge in [-0.15, -0.1) is 0 Å². The third-order valence-electron chi connectivity index (χ3n) is 2.91. The zero-order valence-electron chi connectivity index (χ0n) is 9.07. The Balaban J connectivity index is 2.20. The van der Waals surface area contributed by atoms with E-state index in [0.29, 0.717) is 25.2 Å². The maximum Gasteiger partial charge on any atom is 0.274 e. The van der Waals surface area contributed by atoms with Crippen LogP contribution < -0.4 is 5.56 Å². The fraction of sp³-hybridized carbons (Fsp3) is 0.250. The minimum absolute atomic E-state index is 0.187. The summed E-state index contributed by atoms with van der Waals surface area (Å²) in [5.41, 5.74) is 1.49. The Morgan fingerprint density at radius 1 is 1.35 bits per heavy atom. The van der Waals surface area contributed by atoms with Crippen molar-refractivity contribution in [3.63, 3.8) is 0 Å². The SMILES string of the molecule is O=c1c2c([nH]n1-c1ccccc1F)COCC2. The van der Waals surface area contributed by atoms with Crippen molar-refractivity contribution in [3.8, 4) is 5.69 Å². The predicted octanol–water partition coefficient (Wildman–Crippen LogP) is 1.38. The molecule has 0 fully saturated rings. The van der Waals surface area contributed by atoms with Crippen LogP contribution in [0.25, 0.3) is 5.69 Å². The van der Waals surface area contributed by atoms with E-state index in [-0.39, 0.29) is 11.2 Å². The number of halogens is 1. The van der Waals surface area contributed by atoms with Gasteiger partial charge in [-0.2, -0.15) is 0 Å². The molecule has 0 atom stereocenters. The van der Waals surface area contributed by atoms with Crippen LogP contribution in [-0.4, -0.2) is 16.4 Å². The molecule has 0 bridgehead atoms. The molecule has 88 valence electrons. The minimum atomic E-state index is -0.422. The second kappa shape index (κ2) is 3.85. The molecule has 4 nitrogen and oxygen atoms in total. The number of rotatable bonds is 1. The normalized spacial score (nSPS) is 14.6. The fourth-order valence-corrected chi connectivity index (χ4v) is 2.05. The van der Waals surface area contributed by atoms with Gasteiger partial charge in [-0.3, -0.25) is 9.89 Å². The lowest BCUT2D eigenvalue weighted by atomic mass is 10.1. The highest BCUT2D eigenvalue weighted by Gasteiger charge is 2.19. The largest absolute Gasteiger partial charge is 0.375 e. The third kappa shape index (κ3) is 1.59. The van der Waals surface area contributed by atoms with Gasteiger partial charge in [-0.25, -0.2) is 9.07 Å². The summed E-state index contributed by atoms with van der Waals surface area (Å²) in [6.07, 6.45) is 0.576. The van der Waals surface area contributed by atoms with Crippen molar-refractivity contribution >= 4 is 0 Å². The molecule has 0 amide bonds. The Labute approximate surface area is 96.6 Å². The summed E-state index contributed by atoms with van der Waals surface area (Å²) in [7, 11) is 0. The number of hydrogen-bond acceptors (Lipinski definition) is 2. The van der Waals surface area contributed by atoms with Gasteiger partial charge in [0.2, 0.25) is 0 Å². The summed E-state index contributed by atoms with van der Waals surface area (Å²) in [5.74, 6) is -0.422. The molecule has 0 unspecified atom stereocenters. The summed E-state index contributed by atoms with van der Waals surface area (Å²) in [4.78, 5) is 12.1. The number of hydrogen-bond donors (Lipinski definition) is 1. The van der Waals surface area contributed by atoms with Crippen molar-refractivity contribution in [1.82, 2.24) is 9.78 Å². The van der Waals surface area contributed by atoms with Gasteiger partial charge in [0, 0.05) is 12.0 Å². The molecule has 0 saturated heterocycles. The standard InChI is InChI=1S/C12H11FN2O2/c13-9-3-1-2-4-11(9)15-12(16)8-5-6-17-7-10(8)14-15/h1-4,14H,5-7H2. The molecule has 1 aliphatic heterocycles. The van der Waals surface area contributed by atoms with Crippen LogP contribution in [0.15, 0.2) is 29.1 Å². The van der Waals surface area contributed by atoms with E-state index in [2.05, 4.69) is 5.10 Å². The molecule has 0 radical (unpaired) electrons. The number of H-pyrrole nitrogens is 1. The van der Waals surface area contributed by atoms with Crippen molar-refractivity contribution in [2.75, 3.05) is 6.61 Å². The van der Waals surface area contributed by atoms with Gasteiger partial charge >= 0.3 is 0 Å². The topological polar surface area (TPSA) is 47.0 Å². The smallest absolute Gasteiger partial charge is 0.274 e. The van der Waals surface area contributed by atoms with Gasteiger partial charge in [0.1, 0.15) is 11.5 Å². The zero-order chi connectivity index (χ0) is 11.8. The van der Waals surface area contributed by atoms with Crippen LogP contribution >= 0.6 is 0 Å². The van der Waals surface area contributed by atoms with Crippen molar-refractivity contribution in [2.24, 2.45) is 0 Å². The lowest BCUT2D eigenvalue weighted by Gasteiger charge is -2.08.